The maximum absolute atomic E-state index is 12.8. The molecule has 0 bridgehead atoms. The van der Waals surface area contributed by atoms with Crippen LogP contribution in [-0.2, 0) is 16.4 Å². The summed E-state index contributed by atoms with van der Waals surface area (Å²) in [6.07, 6.45) is 2.96. The molecule has 1 aromatic heterocycles. The van der Waals surface area contributed by atoms with Crippen LogP contribution in [0.15, 0.2) is 70.3 Å². The zero-order valence-corrected chi connectivity index (χ0v) is 16.7. The Labute approximate surface area is 168 Å². The molecule has 144 valence electrons. The van der Waals surface area contributed by atoms with Crippen LogP contribution < -0.4 is 10.0 Å². The quantitative estimate of drug-likeness (QED) is 0.654. The molecular formula is C21H20N2O3S2. The Kier molecular flexibility index (Phi) is 5.19. The Morgan fingerprint density at radius 2 is 1.89 bits per heavy atom. The van der Waals surface area contributed by atoms with Crippen molar-refractivity contribution in [2.24, 2.45) is 0 Å². The van der Waals surface area contributed by atoms with Crippen molar-refractivity contribution >= 4 is 33.0 Å². The summed E-state index contributed by atoms with van der Waals surface area (Å²) in [5.74, 6) is -0.209. The number of hydrogen-bond donors (Lipinski definition) is 2. The summed E-state index contributed by atoms with van der Waals surface area (Å²) in [5.41, 5.74) is 3.23. The summed E-state index contributed by atoms with van der Waals surface area (Å²) in [7, 11) is -3.64. The highest BCUT2D eigenvalue weighted by Gasteiger charge is 2.22. The highest BCUT2D eigenvalue weighted by atomic mass is 32.2. The molecule has 0 aliphatic heterocycles. The average molecular weight is 413 g/mol. The Bertz CT molecular complexity index is 1090. The van der Waals surface area contributed by atoms with Crippen LogP contribution in [0.2, 0.25) is 0 Å². The lowest BCUT2D eigenvalue weighted by Gasteiger charge is -2.26. The highest BCUT2D eigenvalue weighted by Crippen LogP contribution is 2.30. The molecule has 5 nitrogen and oxygen atoms in total. The second-order valence-corrected chi connectivity index (χ2v) is 9.59. The summed E-state index contributed by atoms with van der Waals surface area (Å²) in [4.78, 5) is 12.8. The first kappa shape index (κ1) is 18.7. The monoisotopic (exact) mass is 412 g/mol. The van der Waals surface area contributed by atoms with Crippen molar-refractivity contribution in [1.82, 2.24) is 5.32 Å². The molecule has 1 aliphatic rings. The van der Waals surface area contributed by atoms with Crippen molar-refractivity contribution in [2.45, 2.75) is 29.5 Å². The largest absolute Gasteiger partial charge is 0.345 e. The van der Waals surface area contributed by atoms with Gasteiger partial charge in [0.15, 0.2) is 0 Å². The number of sulfonamides is 1. The number of aryl methyl sites for hydroxylation is 1. The molecule has 1 aliphatic carbocycles. The Balaban J connectivity index is 1.51. The minimum Gasteiger partial charge on any atom is -0.345 e. The summed E-state index contributed by atoms with van der Waals surface area (Å²) < 4.78 is 27.6. The molecule has 0 spiro atoms. The second-order valence-electron chi connectivity index (χ2n) is 6.74. The first-order chi connectivity index (χ1) is 13.5. The van der Waals surface area contributed by atoms with Gasteiger partial charge in [-0.15, -0.1) is 11.3 Å². The smallest absolute Gasteiger partial charge is 0.271 e. The van der Waals surface area contributed by atoms with Gasteiger partial charge in [-0.1, -0.05) is 36.4 Å². The van der Waals surface area contributed by atoms with Crippen LogP contribution in [0.4, 0.5) is 5.69 Å². The van der Waals surface area contributed by atoms with Gasteiger partial charge in [0.05, 0.1) is 6.04 Å². The van der Waals surface area contributed by atoms with E-state index in [0.717, 1.165) is 36.2 Å². The number of anilines is 1. The van der Waals surface area contributed by atoms with Crippen LogP contribution in [0.1, 0.15) is 40.4 Å². The zero-order valence-electron chi connectivity index (χ0n) is 15.1. The number of carbonyl (C=O) groups excluding carboxylic acids is 1. The van der Waals surface area contributed by atoms with E-state index in [0.29, 0.717) is 11.3 Å². The standard InChI is InChI=1S/C21H20N2O3S2/c24-21(22-19-11-4-7-15-6-1-2-10-18(15)19)16-8-3-9-17(14-16)23-28(25,26)20-12-5-13-27-20/h1-3,5-6,8-10,12-14,19,23H,4,7,11H2,(H,22,24)/t19-/m1/s1. The van der Waals surface area contributed by atoms with Crippen LogP contribution in [0.3, 0.4) is 0 Å². The number of thiophene rings is 1. The summed E-state index contributed by atoms with van der Waals surface area (Å²) in [5, 5.41) is 4.80. The number of benzene rings is 2. The van der Waals surface area contributed by atoms with E-state index in [1.165, 1.54) is 5.56 Å². The van der Waals surface area contributed by atoms with E-state index in [2.05, 4.69) is 22.2 Å². The number of amides is 1. The number of nitrogens with one attached hydrogen (secondary N) is 2. The summed E-state index contributed by atoms with van der Waals surface area (Å²) >= 11 is 1.15. The average Bonchev–Trinajstić information content (AvgIpc) is 3.24. The SMILES string of the molecule is O=C(N[C@@H]1CCCc2ccccc21)c1cccc(NS(=O)(=O)c2cccs2)c1. The fourth-order valence-corrected chi connectivity index (χ4v) is 5.53. The van der Waals surface area contributed by atoms with E-state index in [-0.39, 0.29) is 16.2 Å². The van der Waals surface area contributed by atoms with Crippen molar-refractivity contribution in [2.75, 3.05) is 4.72 Å². The minimum absolute atomic E-state index is 0.0242. The van der Waals surface area contributed by atoms with Gasteiger partial charge in [0.1, 0.15) is 4.21 Å². The third kappa shape index (κ3) is 3.95. The third-order valence-corrected chi connectivity index (χ3v) is 7.59. The van der Waals surface area contributed by atoms with Gasteiger partial charge in [-0.25, -0.2) is 8.42 Å². The van der Waals surface area contributed by atoms with Crippen molar-refractivity contribution in [1.29, 1.82) is 0 Å². The first-order valence-electron chi connectivity index (χ1n) is 9.08. The number of fused-ring (bicyclic) bond motifs is 1. The molecule has 2 aromatic carbocycles. The first-order valence-corrected chi connectivity index (χ1v) is 11.4. The van der Waals surface area contributed by atoms with Crippen LogP contribution in [-0.4, -0.2) is 14.3 Å². The van der Waals surface area contributed by atoms with E-state index in [1.54, 1.807) is 41.8 Å². The Hall–Kier alpha value is -2.64. The maximum Gasteiger partial charge on any atom is 0.271 e. The molecule has 1 heterocycles. The van der Waals surface area contributed by atoms with E-state index < -0.39 is 10.0 Å². The lowest BCUT2D eigenvalue weighted by Crippen LogP contribution is -2.31. The molecule has 0 saturated heterocycles. The van der Waals surface area contributed by atoms with Crippen LogP contribution >= 0.6 is 11.3 Å². The van der Waals surface area contributed by atoms with Gasteiger partial charge in [0.25, 0.3) is 15.9 Å². The second kappa shape index (κ2) is 7.77. The normalized spacial score (nSPS) is 16.2. The van der Waals surface area contributed by atoms with Crippen LogP contribution in [0, 0.1) is 0 Å². The highest BCUT2D eigenvalue weighted by molar-refractivity contribution is 7.94. The van der Waals surface area contributed by atoms with E-state index in [4.69, 9.17) is 0 Å². The molecule has 0 radical (unpaired) electrons. The summed E-state index contributed by atoms with van der Waals surface area (Å²) in [6.45, 7) is 0. The molecule has 1 atom stereocenters. The van der Waals surface area contributed by atoms with Crippen LogP contribution in [0.5, 0.6) is 0 Å². The van der Waals surface area contributed by atoms with Gasteiger partial charge in [-0.05, 0) is 60.0 Å². The molecule has 3 aromatic rings. The molecular weight excluding hydrogens is 392 g/mol. The predicted octanol–water partition coefficient (Wildman–Crippen LogP) is 4.36. The molecule has 0 saturated carbocycles. The molecule has 2 N–H and O–H groups in total. The summed E-state index contributed by atoms with van der Waals surface area (Å²) in [6, 6.07) is 17.9. The predicted molar refractivity (Wildman–Crippen MR) is 111 cm³/mol. The number of carbonyl (C=O) groups is 1. The van der Waals surface area contributed by atoms with Gasteiger partial charge in [0, 0.05) is 11.3 Å². The minimum atomic E-state index is -3.64. The molecule has 0 unspecified atom stereocenters. The van der Waals surface area contributed by atoms with Gasteiger partial charge in [-0.2, -0.15) is 0 Å². The lowest BCUT2D eigenvalue weighted by atomic mass is 9.87. The van der Waals surface area contributed by atoms with E-state index in [9.17, 15) is 13.2 Å². The van der Waals surface area contributed by atoms with Crippen LogP contribution in [0.25, 0.3) is 0 Å². The Morgan fingerprint density at radius 1 is 1.04 bits per heavy atom. The molecule has 0 fully saturated rings. The van der Waals surface area contributed by atoms with E-state index >= 15 is 0 Å². The van der Waals surface area contributed by atoms with E-state index in [1.807, 2.05) is 12.1 Å². The van der Waals surface area contributed by atoms with Gasteiger partial charge in [0.2, 0.25) is 0 Å². The van der Waals surface area contributed by atoms with Crippen molar-refractivity contribution < 1.29 is 13.2 Å². The molecule has 1 amide bonds. The lowest BCUT2D eigenvalue weighted by molar-refractivity contribution is 0.0933. The van der Waals surface area contributed by atoms with Crippen molar-refractivity contribution in [3.8, 4) is 0 Å². The van der Waals surface area contributed by atoms with Gasteiger partial charge in [-0.3, -0.25) is 9.52 Å². The van der Waals surface area contributed by atoms with Gasteiger partial charge < -0.3 is 5.32 Å². The molecule has 4 rings (SSSR count). The number of rotatable bonds is 5. The van der Waals surface area contributed by atoms with Gasteiger partial charge >= 0.3 is 0 Å². The maximum atomic E-state index is 12.8. The fraction of sp³-hybridized carbons (Fsp3) is 0.190. The Morgan fingerprint density at radius 3 is 2.71 bits per heavy atom. The zero-order chi connectivity index (χ0) is 19.6. The fourth-order valence-electron chi connectivity index (χ4n) is 3.49. The topological polar surface area (TPSA) is 75.3 Å². The molecule has 28 heavy (non-hydrogen) atoms. The van der Waals surface area contributed by atoms with Crippen molar-refractivity contribution in [3.05, 3.63) is 82.7 Å². The third-order valence-electron chi connectivity index (χ3n) is 4.81. The molecule has 7 heteroatoms. The number of hydrogen-bond acceptors (Lipinski definition) is 4. The van der Waals surface area contributed by atoms with Crippen molar-refractivity contribution in [3.63, 3.8) is 0 Å².